The summed E-state index contributed by atoms with van der Waals surface area (Å²) in [4.78, 5) is 25.3. The number of aromatic amines is 1. The molecule has 2 heterocycles. The zero-order chi connectivity index (χ0) is 18.9. The molecular weight excluding hydrogens is 364 g/mol. The summed E-state index contributed by atoms with van der Waals surface area (Å²) in [5, 5.41) is 16.0. The van der Waals surface area contributed by atoms with Gasteiger partial charge in [0.15, 0.2) is 5.69 Å². The van der Waals surface area contributed by atoms with Gasteiger partial charge in [-0.2, -0.15) is 9.40 Å². The molecule has 3 rings (SSSR count). The van der Waals surface area contributed by atoms with E-state index < -0.39 is 28.6 Å². The van der Waals surface area contributed by atoms with Crippen LogP contribution in [0.2, 0.25) is 0 Å². The Kier molecular flexibility index (Phi) is 5.30. The summed E-state index contributed by atoms with van der Waals surface area (Å²) in [6.45, 7) is 0.0711. The van der Waals surface area contributed by atoms with Crippen LogP contribution in [-0.2, 0) is 32.4 Å². The van der Waals surface area contributed by atoms with Gasteiger partial charge in [-0.05, 0) is 19.3 Å². The first-order valence-corrected chi connectivity index (χ1v) is 10.2. The number of carboxylic acid groups (broad SMARTS) is 1. The lowest BCUT2D eigenvalue weighted by Gasteiger charge is -2.34. The number of hydrogen-bond donors (Lipinski definition) is 2. The fraction of sp³-hybridized carbons (Fsp3) is 0.667. The van der Waals surface area contributed by atoms with Gasteiger partial charge in [-0.15, -0.1) is 0 Å². The first-order chi connectivity index (χ1) is 12.3. The molecule has 0 radical (unpaired) electrons. The van der Waals surface area contributed by atoms with Crippen molar-refractivity contribution >= 4 is 21.9 Å². The number of carbonyl (C=O) groups is 2. The van der Waals surface area contributed by atoms with Gasteiger partial charge in [0.25, 0.3) is 5.91 Å². The predicted octanol–water partition coefficient (Wildman–Crippen LogP) is -0.914. The summed E-state index contributed by atoms with van der Waals surface area (Å²) in [6.07, 6.45) is 3.07. The molecule has 1 aromatic heterocycles. The molecule has 1 aliphatic carbocycles. The highest BCUT2D eigenvalue weighted by Crippen LogP contribution is 2.24. The largest absolute Gasteiger partial charge is 0.480 e. The SMILES string of the molecule is CS(=O)(=O)N(CC(=O)O)CC1CN(C(=O)c2n[nH]c3c2CCC3)CCO1. The lowest BCUT2D eigenvalue weighted by molar-refractivity contribution is -0.137. The van der Waals surface area contributed by atoms with Crippen molar-refractivity contribution in [3.63, 3.8) is 0 Å². The number of H-pyrrole nitrogens is 1. The molecule has 1 aromatic rings. The molecule has 1 unspecified atom stereocenters. The van der Waals surface area contributed by atoms with Crippen molar-refractivity contribution in [2.24, 2.45) is 0 Å². The van der Waals surface area contributed by atoms with E-state index in [-0.39, 0.29) is 25.6 Å². The van der Waals surface area contributed by atoms with Crippen molar-refractivity contribution in [3.05, 3.63) is 17.0 Å². The Morgan fingerprint density at radius 2 is 2.19 bits per heavy atom. The number of rotatable bonds is 6. The van der Waals surface area contributed by atoms with E-state index in [0.29, 0.717) is 12.2 Å². The standard InChI is InChI=1S/C15H22N4O6S/c1-26(23,24)19(9-13(20)21)8-10-7-18(5-6-25-10)15(22)14-11-3-2-4-12(11)16-17-14/h10H,2-9H2,1H3,(H,16,17)(H,20,21). The minimum absolute atomic E-state index is 0.117. The van der Waals surface area contributed by atoms with E-state index in [1.165, 1.54) is 0 Å². The number of amides is 1. The average molecular weight is 386 g/mol. The number of aryl methyl sites for hydroxylation is 1. The van der Waals surface area contributed by atoms with Crippen molar-refractivity contribution in [2.75, 3.05) is 39.0 Å². The third-order valence-corrected chi connectivity index (χ3v) is 5.84. The molecule has 1 amide bonds. The normalized spacial score (nSPS) is 20.4. The third kappa shape index (κ3) is 4.05. The average Bonchev–Trinajstić information content (AvgIpc) is 3.16. The van der Waals surface area contributed by atoms with Gasteiger partial charge in [-0.1, -0.05) is 0 Å². The highest BCUT2D eigenvalue weighted by atomic mass is 32.2. The molecule has 0 saturated carbocycles. The second-order valence-corrected chi connectivity index (χ2v) is 8.56. The smallest absolute Gasteiger partial charge is 0.318 e. The molecule has 0 spiro atoms. The van der Waals surface area contributed by atoms with Crippen LogP contribution in [0.4, 0.5) is 0 Å². The van der Waals surface area contributed by atoms with Crippen molar-refractivity contribution in [3.8, 4) is 0 Å². The molecule has 1 fully saturated rings. The third-order valence-electron chi connectivity index (χ3n) is 4.62. The van der Waals surface area contributed by atoms with Gasteiger partial charge in [0.1, 0.15) is 6.54 Å². The topological polar surface area (TPSA) is 133 Å². The van der Waals surface area contributed by atoms with Crippen LogP contribution < -0.4 is 0 Å². The van der Waals surface area contributed by atoms with E-state index in [0.717, 1.165) is 41.1 Å². The summed E-state index contributed by atoms with van der Waals surface area (Å²) in [7, 11) is -3.70. The molecule has 10 nitrogen and oxygen atoms in total. The summed E-state index contributed by atoms with van der Waals surface area (Å²) in [6, 6.07) is 0. The Balaban J connectivity index is 1.68. The van der Waals surface area contributed by atoms with Gasteiger partial charge in [0.2, 0.25) is 10.0 Å². The number of morpholine rings is 1. The number of aliphatic carboxylic acids is 1. The molecule has 1 aliphatic heterocycles. The molecular formula is C15H22N4O6S. The minimum Gasteiger partial charge on any atom is -0.480 e. The van der Waals surface area contributed by atoms with Gasteiger partial charge in [-0.3, -0.25) is 14.7 Å². The predicted molar refractivity (Wildman–Crippen MR) is 90.3 cm³/mol. The maximum absolute atomic E-state index is 12.8. The van der Waals surface area contributed by atoms with Crippen LogP contribution in [0.3, 0.4) is 0 Å². The lowest BCUT2D eigenvalue weighted by atomic mass is 10.1. The summed E-state index contributed by atoms with van der Waals surface area (Å²) < 4.78 is 30.0. The Bertz CT molecular complexity index is 805. The number of aromatic nitrogens is 2. The maximum atomic E-state index is 12.8. The number of ether oxygens (including phenoxy) is 1. The molecule has 1 saturated heterocycles. The fourth-order valence-electron chi connectivity index (χ4n) is 3.36. The van der Waals surface area contributed by atoms with Crippen LogP contribution in [0.5, 0.6) is 0 Å². The molecule has 1 atom stereocenters. The number of sulfonamides is 1. The first-order valence-electron chi connectivity index (χ1n) is 8.39. The summed E-state index contributed by atoms with van der Waals surface area (Å²) in [5.41, 5.74) is 2.38. The van der Waals surface area contributed by atoms with Crippen LogP contribution in [0.1, 0.15) is 28.2 Å². The van der Waals surface area contributed by atoms with E-state index in [4.69, 9.17) is 9.84 Å². The van der Waals surface area contributed by atoms with E-state index in [2.05, 4.69) is 10.2 Å². The van der Waals surface area contributed by atoms with E-state index in [1.807, 2.05) is 0 Å². The molecule has 0 aromatic carbocycles. The highest BCUT2D eigenvalue weighted by Gasteiger charge is 2.32. The highest BCUT2D eigenvalue weighted by molar-refractivity contribution is 7.88. The van der Waals surface area contributed by atoms with E-state index in [1.54, 1.807) is 4.90 Å². The fourth-order valence-corrected chi connectivity index (χ4v) is 4.14. The quantitative estimate of drug-likeness (QED) is 0.646. The van der Waals surface area contributed by atoms with Crippen LogP contribution in [0.25, 0.3) is 0 Å². The molecule has 2 N–H and O–H groups in total. The van der Waals surface area contributed by atoms with Crippen molar-refractivity contribution in [1.29, 1.82) is 0 Å². The van der Waals surface area contributed by atoms with Gasteiger partial charge in [0, 0.05) is 30.9 Å². The molecule has 0 bridgehead atoms. The second kappa shape index (κ2) is 7.33. The van der Waals surface area contributed by atoms with Crippen molar-refractivity contribution < 1.29 is 27.9 Å². The van der Waals surface area contributed by atoms with Gasteiger partial charge in [-0.25, -0.2) is 8.42 Å². The summed E-state index contributed by atoms with van der Waals surface area (Å²) >= 11 is 0. The number of nitrogens with one attached hydrogen (secondary N) is 1. The van der Waals surface area contributed by atoms with Crippen LogP contribution in [0.15, 0.2) is 0 Å². The van der Waals surface area contributed by atoms with Crippen molar-refractivity contribution in [2.45, 2.75) is 25.4 Å². The van der Waals surface area contributed by atoms with Crippen LogP contribution >= 0.6 is 0 Å². The van der Waals surface area contributed by atoms with E-state index in [9.17, 15) is 18.0 Å². The van der Waals surface area contributed by atoms with Crippen LogP contribution in [0, 0.1) is 0 Å². The zero-order valence-electron chi connectivity index (χ0n) is 14.5. The molecule has 11 heteroatoms. The number of carbonyl (C=O) groups excluding carboxylic acids is 1. The first kappa shape index (κ1) is 18.8. The Morgan fingerprint density at radius 1 is 1.42 bits per heavy atom. The Morgan fingerprint density at radius 3 is 2.88 bits per heavy atom. The zero-order valence-corrected chi connectivity index (χ0v) is 15.3. The number of hydrogen-bond acceptors (Lipinski definition) is 6. The Hall–Kier alpha value is -1.98. The minimum atomic E-state index is -3.70. The number of nitrogens with zero attached hydrogens (tertiary/aromatic N) is 3. The van der Waals surface area contributed by atoms with E-state index >= 15 is 0 Å². The monoisotopic (exact) mass is 386 g/mol. The summed E-state index contributed by atoms with van der Waals surface area (Å²) in [5.74, 6) is -1.45. The Labute approximate surface area is 151 Å². The van der Waals surface area contributed by atoms with Gasteiger partial charge < -0.3 is 14.7 Å². The van der Waals surface area contributed by atoms with Crippen LogP contribution in [-0.4, -0.2) is 89.9 Å². The van der Waals surface area contributed by atoms with Gasteiger partial charge >= 0.3 is 5.97 Å². The van der Waals surface area contributed by atoms with Gasteiger partial charge in [0.05, 0.1) is 19.0 Å². The molecule has 2 aliphatic rings. The second-order valence-electron chi connectivity index (χ2n) is 6.58. The number of carboxylic acids is 1. The van der Waals surface area contributed by atoms with Crippen molar-refractivity contribution in [1.82, 2.24) is 19.4 Å². The lowest BCUT2D eigenvalue weighted by Crippen LogP contribution is -2.51. The number of fused-ring (bicyclic) bond motifs is 1. The maximum Gasteiger partial charge on any atom is 0.318 e. The molecule has 144 valence electrons. The molecule has 26 heavy (non-hydrogen) atoms.